The van der Waals surface area contributed by atoms with Crippen LogP contribution in [0.5, 0.6) is 0 Å². The molecule has 7 heteroatoms. The molecule has 1 unspecified atom stereocenters. The van der Waals surface area contributed by atoms with E-state index in [1.165, 1.54) is 11.2 Å². The minimum atomic E-state index is -0.981. The Hall–Kier alpha value is -1.89. The summed E-state index contributed by atoms with van der Waals surface area (Å²) in [6.07, 6.45) is 2.11. The molecule has 2 heterocycles. The summed E-state index contributed by atoms with van der Waals surface area (Å²) in [7, 11) is 0. The summed E-state index contributed by atoms with van der Waals surface area (Å²) >= 11 is 0. The van der Waals surface area contributed by atoms with Crippen LogP contribution in [0.1, 0.15) is 24.7 Å². The monoisotopic (exact) mass is 266 g/mol. The van der Waals surface area contributed by atoms with Crippen LogP contribution in [0.3, 0.4) is 0 Å². The van der Waals surface area contributed by atoms with Gasteiger partial charge in [-0.3, -0.25) is 4.79 Å². The van der Waals surface area contributed by atoms with E-state index in [2.05, 4.69) is 15.3 Å². The van der Waals surface area contributed by atoms with Crippen molar-refractivity contribution >= 4 is 11.9 Å². The molecule has 104 valence electrons. The lowest BCUT2D eigenvalue weighted by Crippen LogP contribution is -2.49. The second-order valence-electron chi connectivity index (χ2n) is 4.51. The minimum absolute atomic E-state index is 0.145. The predicted octanol–water partition coefficient (Wildman–Crippen LogP) is -0.253. The Labute approximate surface area is 111 Å². The van der Waals surface area contributed by atoms with Crippen LogP contribution in [0.15, 0.2) is 6.33 Å². The Bertz CT molecular complexity index is 471. The number of carboxylic acids is 1. The van der Waals surface area contributed by atoms with Gasteiger partial charge < -0.3 is 20.3 Å². The first-order valence-corrected chi connectivity index (χ1v) is 6.37. The Morgan fingerprint density at radius 1 is 1.63 bits per heavy atom. The molecule has 1 aromatic rings. The lowest BCUT2D eigenvalue weighted by molar-refractivity contribution is -0.151. The van der Waals surface area contributed by atoms with E-state index < -0.39 is 12.0 Å². The van der Waals surface area contributed by atoms with Crippen LogP contribution in [0, 0.1) is 0 Å². The average molecular weight is 266 g/mol. The van der Waals surface area contributed by atoms with Crippen LogP contribution < -0.4 is 5.32 Å². The highest BCUT2D eigenvalue weighted by molar-refractivity contribution is 5.84. The van der Waals surface area contributed by atoms with Gasteiger partial charge in [0.1, 0.15) is 6.04 Å². The molecular weight excluding hydrogens is 248 g/mol. The highest BCUT2D eigenvalue weighted by atomic mass is 16.4. The van der Waals surface area contributed by atoms with Crippen LogP contribution in [-0.2, 0) is 22.6 Å². The first-order valence-electron chi connectivity index (χ1n) is 6.37. The van der Waals surface area contributed by atoms with Crippen LogP contribution in [-0.4, -0.2) is 51.0 Å². The summed E-state index contributed by atoms with van der Waals surface area (Å²) in [6, 6.07) is -0.815. The van der Waals surface area contributed by atoms with Gasteiger partial charge in [0.25, 0.3) is 0 Å². The number of imidazole rings is 1. The summed E-state index contributed by atoms with van der Waals surface area (Å²) in [5.74, 6) is -1.13. The molecule has 0 saturated heterocycles. The standard InChI is InChI=1S/C12H18N4O3/c1-2-13-4-3-11(17)16-6-9-8(14-7-15-9)5-10(16)12(18)19/h7,10,13H,2-6H2,1H3,(H,14,15)(H,18,19). The van der Waals surface area contributed by atoms with E-state index in [0.29, 0.717) is 13.0 Å². The molecule has 7 nitrogen and oxygen atoms in total. The molecule has 0 fully saturated rings. The van der Waals surface area contributed by atoms with Crippen molar-refractivity contribution in [3.8, 4) is 0 Å². The van der Waals surface area contributed by atoms with E-state index in [1.54, 1.807) is 0 Å². The molecule has 1 atom stereocenters. The molecule has 0 spiro atoms. The Kier molecular flexibility index (Phi) is 4.16. The van der Waals surface area contributed by atoms with E-state index in [4.69, 9.17) is 0 Å². The zero-order valence-electron chi connectivity index (χ0n) is 10.8. The normalized spacial score (nSPS) is 18.2. The molecule has 0 aromatic carbocycles. The van der Waals surface area contributed by atoms with Gasteiger partial charge in [-0.05, 0) is 6.54 Å². The van der Waals surface area contributed by atoms with E-state index in [9.17, 15) is 14.7 Å². The number of nitrogens with zero attached hydrogens (tertiary/aromatic N) is 2. The molecule has 1 amide bonds. The van der Waals surface area contributed by atoms with Crippen molar-refractivity contribution in [2.45, 2.75) is 32.4 Å². The van der Waals surface area contributed by atoms with Gasteiger partial charge in [-0.25, -0.2) is 9.78 Å². The van der Waals surface area contributed by atoms with Gasteiger partial charge >= 0.3 is 5.97 Å². The van der Waals surface area contributed by atoms with E-state index >= 15 is 0 Å². The smallest absolute Gasteiger partial charge is 0.326 e. The van der Waals surface area contributed by atoms with Crippen LogP contribution >= 0.6 is 0 Å². The maximum atomic E-state index is 12.1. The third kappa shape index (κ3) is 2.93. The molecule has 2 rings (SSSR count). The molecule has 3 N–H and O–H groups in total. The summed E-state index contributed by atoms with van der Waals surface area (Å²) < 4.78 is 0. The highest BCUT2D eigenvalue weighted by Crippen LogP contribution is 2.21. The molecule has 19 heavy (non-hydrogen) atoms. The lowest BCUT2D eigenvalue weighted by atomic mass is 10.0. The number of fused-ring (bicyclic) bond motifs is 1. The zero-order valence-corrected chi connectivity index (χ0v) is 10.8. The number of H-pyrrole nitrogens is 1. The van der Waals surface area contributed by atoms with Crippen LogP contribution in [0.4, 0.5) is 0 Å². The Morgan fingerprint density at radius 2 is 2.42 bits per heavy atom. The Morgan fingerprint density at radius 3 is 3.11 bits per heavy atom. The summed E-state index contributed by atoms with van der Waals surface area (Å²) in [6.45, 7) is 3.61. The number of hydrogen-bond donors (Lipinski definition) is 3. The average Bonchev–Trinajstić information content (AvgIpc) is 2.84. The minimum Gasteiger partial charge on any atom is -0.480 e. The third-order valence-electron chi connectivity index (χ3n) is 3.27. The largest absolute Gasteiger partial charge is 0.480 e. The van der Waals surface area contributed by atoms with Crippen molar-refractivity contribution in [1.29, 1.82) is 0 Å². The number of carbonyl (C=O) groups is 2. The number of amides is 1. The van der Waals surface area contributed by atoms with Crippen molar-refractivity contribution in [2.24, 2.45) is 0 Å². The molecule has 0 saturated carbocycles. The van der Waals surface area contributed by atoms with Gasteiger partial charge in [-0.2, -0.15) is 0 Å². The summed E-state index contributed by atoms with van der Waals surface area (Å²) in [4.78, 5) is 31.9. The zero-order chi connectivity index (χ0) is 13.8. The molecule has 0 aliphatic carbocycles. The predicted molar refractivity (Wildman–Crippen MR) is 67.4 cm³/mol. The van der Waals surface area contributed by atoms with Gasteiger partial charge in [0.05, 0.1) is 24.3 Å². The van der Waals surface area contributed by atoms with Crippen molar-refractivity contribution < 1.29 is 14.7 Å². The molecule has 1 aliphatic heterocycles. The van der Waals surface area contributed by atoms with Gasteiger partial charge in [0.15, 0.2) is 0 Å². The Balaban J connectivity index is 2.09. The fourth-order valence-corrected chi connectivity index (χ4v) is 2.23. The lowest BCUT2D eigenvalue weighted by Gasteiger charge is -2.32. The van der Waals surface area contributed by atoms with Crippen molar-refractivity contribution in [1.82, 2.24) is 20.2 Å². The van der Waals surface area contributed by atoms with E-state index in [1.807, 2.05) is 6.92 Å². The fraction of sp³-hybridized carbons (Fsp3) is 0.583. The number of carbonyl (C=O) groups excluding carboxylic acids is 1. The number of carboxylic acid groups (broad SMARTS) is 1. The van der Waals surface area contributed by atoms with Gasteiger partial charge in [-0.15, -0.1) is 0 Å². The molecule has 1 aromatic heterocycles. The second-order valence-corrected chi connectivity index (χ2v) is 4.51. The number of aromatic amines is 1. The van der Waals surface area contributed by atoms with Crippen molar-refractivity contribution in [3.05, 3.63) is 17.7 Å². The number of aliphatic carboxylic acids is 1. The SMILES string of the molecule is CCNCCC(=O)N1Cc2[nH]cnc2CC1C(=O)O. The van der Waals surface area contributed by atoms with E-state index in [0.717, 1.165) is 17.9 Å². The van der Waals surface area contributed by atoms with Crippen LogP contribution in [0.25, 0.3) is 0 Å². The first kappa shape index (κ1) is 13.5. The molecule has 1 aliphatic rings. The summed E-state index contributed by atoms with van der Waals surface area (Å²) in [5, 5.41) is 12.3. The van der Waals surface area contributed by atoms with Crippen LogP contribution in [0.2, 0.25) is 0 Å². The number of aromatic nitrogens is 2. The summed E-state index contributed by atoms with van der Waals surface area (Å²) in [5.41, 5.74) is 1.57. The number of rotatable bonds is 5. The fourth-order valence-electron chi connectivity index (χ4n) is 2.23. The van der Waals surface area contributed by atoms with Gasteiger partial charge in [0, 0.05) is 19.4 Å². The topological polar surface area (TPSA) is 98.3 Å². The maximum Gasteiger partial charge on any atom is 0.326 e. The molecular formula is C12H18N4O3. The third-order valence-corrected chi connectivity index (χ3v) is 3.27. The quantitative estimate of drug-likeness (QED) is 0.638. The first-order chi connectivity index (χ1) is 9.13. The van der Waals surface area contributed by atoms with E-state index in [-0.39, 0.29) is 18.9 Å². The van der Waals surface area contributed by atoms with Gasteiger partial charge in [0.2, 0.25) is 5.91 Å². The maximum absolute atomic E-state index is 12.1. The molecule has 0 radical (unpaired) electrons. The van der Waals surface area contributed by atoms with Crippen molar-refractivity contribution in [2.75, 3.05) is 13.1 Å². The van der Waals surface area contributed by atoms with Crippen molar-refractivity contribution in [3.63, 3.8) is 0 Å². The molecule has 0 bridgehead atoms. The number of nitrogens with one attached hydrogen (secondary N) is 2. The second kappa shape index (κ2) is 5.83. The number of hydrogen-bond acceptors (Lipinski definition) is 4. The van der Waals surface area contributed by atoms with Gasteiger partial charge in [-0.1, -0.05) is 6.92 Å². The highest BCUT2D eigenvalue weighted by Gasteiger charge is 2.35.